The summed E-state index contributed by atoms with van der Waals surface area (Å²) in [5.74, 6) is -0.756. The van der Waals surface area contributed by atoms with Gasteiger partial charge in [-0.1, -0.05) is 12.2 Å². The number of nitrogens with zero attached hydrogens (tertiary/aromatic N) is 5. The van der Waals surface area contributed by atoms with Crippen molar-refractivity contribution in [1.29, 1.82) is 5.26 Å². The summed E-state index contributed by atoms with van der Waals surface area (Å²) in [6.45, 7) is 0. The maximum Gasteiger partial charge on any atom is 0.371 e. The van der Waals surface area contributed by atoms with Crippen molar-refractivity contribution < 1.29 is 9.85 Å². The first-order valence-corrected chi connectivity index (χ1v) is 6.13. The van der Waals surface area contributed by atoms with E-state index in [0.29, 0.717) is 6.07 Å². The lowest BCUT2D eigenvalue weighted by atomic mass is 10.3. The molecule has 20 heavy (non-hydrogen) atoms. The van der Waals surface area contributed by atoms with Gasteiger partial charge in [-0.3, -0.25) is 10.1 Å². The zero-order valence-corrected chi connectivity index (χ0v) is 11.9. The van der Waals surface area contributed by atoms with Crippen LogP contribution in [0.1, 0.15) is 5.69 Å². The van der Waals surface area contributed by atoms with Gasteiger partial charge in [-0.05, 0) is 21.7 Å². The Hall–Kier alpha value is -2.32. The van der Waals surface area contributed by atoms with Gasteiger partial charge in [0.25, 0.3) is 11.4 Å². The Labute approximate surface area is 122 Å². The Balaban J connectivity index is 3.48. The fraction of sp³-hybridized carbons (Fsp3) is 0.222. The van der Waals surface area contributed by atoms with Gasteiger partial charge in [-0.2, -0.15) is 5.26 Å². The molecule has 0 radical (unpaired) electrons. The molecule has 1 rings (SSSR count). The quantitative estimate of drug-likeness (QED) is 0.354. The Kier molecular flexibility index (Phi) is 4.89. The molecule has 0 N–H and O–H groups in total. The van der Waals surface area contributed by atoms with Gasteiger partial charge in [0.15, 0.2) is 4.90 Å². The van der Waals surface area contributed by atoms with E-state index in [9.17, 15) is 20.2 Å². The normalized spacial score (nSPS) is 9.65. The summed E-state index contributed by atoms with van der Waals surface area (Å²) in [5.41, 5.74) is -0.974. The third-order valence-electron chi connectivity index (χ3n) is 1.98. The topological polar surface area (TPSA) is 126 Å². The molecular formula is C9H7N5O4S2. The van der Waals surface area contributed by atoms with Crippen LogP contribution in [-0.4, -0.2) is 38.1 Å². The standard InChI is InChI=1S/C9H7N5O4S2/c1-12(2)9(19)20-8-5(4-10)11-7(14(17)18)3-6(8)13(15)16/h3H,1-2H3. The maximum atomic E-state index is 11.0. The molecule has 1 aromatic heterocycles. The molecule has 0 fully saturated rings. The zero-order valence-electron chi connectivity index (χ0n) is 10.3. The number of nitriles is 1. The molecule has 0 saturated heterocycles. The van der Waals surface area contributed by atoms with Crippen molar-refractivity contribution in [2.24, 2.45) is 0 Å². The molecule has 0 aromatic carbocycles. The van der Waals surface area contributed by atoms with Crippen LogP contribution < -0.4 is 0 Å². The van der Waals surface area contributed by atoms with Crippen molar-refractivity contribution in [2.45, 2.75) is 4.90 Å². The number of thiocarbonyl (C=S) groups is 1. The lowest BCUT2D eigenvalue weighted by Gasteiger charge is -2.12. The van der Waals surface area contributed by atoms with E-state index in [0.717, 1.165) is 11.8 Å². The van der Waals surface area contributed by atoms with Crippen molar-refractivity contribution in [2.75, 3.05) is 14.1 Å². The number of aromatic nitrogens is 1. The monoisotopic (exact) mass is 313 g/mol. The highest BCUT2D eigenvalue weighted by molar-refractivity contribution is 8.23. The summed E-state index contributed by atoms with van der Waals surface area (Å²) >= 11 is 5.78. The highest BCUT2D eigenvalue weighted by Gasteiger charge is 2.29. The van der Waals surface area contributed by atoms with Gasteiger partial charge in [0, 0.05) is 14.1 Å². The Morgan fingerprint density at radius 3 is 2.45 bits per heavy atom. The van der Waals surface area contributed by atoms with E-state index < -0.39 is 27.0 Å². The van der Waals surface area contributed by atoms with Crippen LogP contribution in [0.15, 0.2) is 11.0 Å². The summed E-state index contributed by atoms with van der Waals surface area (Å²) in [6, 6.07) is 2.32. The van der Waals surface area contributed by atoms with Crippen molar-refractivity contribution in [1.82, 2.24) is 9.88 Å². The summed E-state index contributed by atoms with van der Waals surface area (Å²) in [5, 5.41) is 30.6. The van der Waals surface area contributed by atoms with Crippen LogP contribution >= 0.6 is 24.0 Å². The van der Waals surface area contributed by atoms with E-state index in [2.05, 4.69) is 4.98 Å². The van der Waals surface area contributed by atoms with Gasteiger partial charge in [-0.15, -0.1) is 0 Å². The number of hydrogen-bond donors (Lipinski definition) is 0. The van der Waals surface area contributed by atoms with Crippen molar-refractivity contribution in [3.8, 4) is 6.07 Å². The van der Waals surface area contributed by atoms with Crippen molar-refractivity contribution >= 4 is 39.8 Å². The van der Waals surface area contributed by atoms with E-state index in [-0.39, 0.29) is 9.22 Å². The van der Waals surface area contributed by atoms with Gasteiger partial charge < -0.3 is 15.0 Å². The van der Waals surface area contributed by atoms with E-state index in [1.807, 2.05) is 0 Å². The van der Waals surface area contributed by atoms with E-state index in [1.54, 1.807) is 20.2 Å². The van der Waals surface area contributed by atoms with Crippen LogP contribution in [0.4, 0.5) is 11.5 Å². The van der Waals surface area contributed by atoms with E-state index in [1.165, 1.54) is 4.90 Å². The minimum absolute atomic E-state index is 0.109. The van der Waals surface area contributed by atoms with Gasteiger partial charge in [0.2, 0.25) is 0 Å². The molecule has 1 heterocycles. The van der Waals surface area contributed by atoms with Crippen LogP contribution in [0.5, 0.6) is 0 Å². The summed E-state index contributed by atoms with van der Waals surface area (Å²) in [4.78, 5) is 24.8. The van der Waals surface area contributed by atoms with Crippen LogP contribution in [0.25, 0.3) is 0 Å². The maximum absolute atomic E-state index is 11.0. The molecule has 0 aliphatic carbocycles. The second kappa shape index (κ2) is 6.22. The summed E-state index contributed by atoms with van der Waals surface area (Å²) in [7, 11) is 3.26. The minimum Gasteiger partial charge on any atom is -0.363 e. The van der Waals surface area contributed by atoms with Crippen LogP contribution in [0.3, 0.4) is 0 Å². The molecule has 0 bridgehead atoms. The number of nitro groups is 2. The molecule has 0 spiro atoms. The fourth-order valence-electron chi connectivity index (χ4n) is 1.09. The van der Waals surface area contributed by atoms with Crippen molar-refractivity contribution in [3.63, 3.8) is 0 Å². The Morgan fingerprint density at radius 1 is 1.45 bits per heavy atom. The van der Waals surface area contributed by atoms with E-state index >= 15 is 0 Å². The molecule has 0 aliphatic rings. The molecule has 9 nitrogen and oxygen atoms in total. The number of thioether (sulfide) groups is 1. The lowest BCUT2D eigenvalue weighted by Crippen LogP contribution is -2.16. The third-order valence-corrected chi connectivity index (χ3v) is 3.75. The minimum atomic E-state index is -0.896. The average Bonchev–Trinajstić information content (AvgIpc) is 2.37. The van der Waals surface area contributed by atoms with E-state index in [4.69, 9.17) is 17.5 Å². The van der Waals surface area contributed by atoms with Gasteiger partial charge in [-0.25, -0.2) is 0 Å². The number of hydrogen-bond acceptors (Lipinski definition) is 8. The Bertz CT molecular complexity index is 640. The summed E-state index contributed by atoms with van der Waals surface area (Å²) < 4.78 is 0.264. The zero-order chi connectivity index (χ0) is 15.4. The third kappa shape index (κ3) is 3.37. The molecule has 0 aliphatic heterocycles. The number of rotatable bonds is 3. The van der Waals surface area contributed by atoms with Crippen molar-refractivity contribution in [3.05, 3.63) is 32.0 Å². The lowest BCUT2D eigenvalue weighted by molar-refractivity contribution is -0.398. The smallest absolute Gasteiger partial charge is 0.363 e. The Morgan fingerprint density at radius 2 is 2.05 bits per heavy atom. The molecule has 104 valence electrons. The van der Waals surface area contributed by atoms with Gasteiger partial charge >= 0.3 is 5.82 Å². The molecule has 0 atom stereocenters. The highest BCUT2D eigenvalue weighted by Crippen LogP contribution is 2.35. The highest BCUT2D eigenvalue weighted by atomic mass is 32.2. The largest absolute Gasteiger partial charge is 0.371 e. The average molecular weight is 313 g/mol. The molecule has 0 unspecified atom stereocenters. The van der Waals surface area contributed by atoms with Gasteiger partial charge in [0.1, 0.15) is 16.5 Å². The molecule has 0 amide bonds. The fourth-order valence-corrected chi connectivity index (χ4v) is 2.12. The molecule has 11 heteroatoms. The predicted octanol–water partition coefficient (Wildman–Crippen LogP) is 1.71. The SMILES string of the molecule is CN(C)C(=S)Sc1c([N+](=O)[O-])cc([N+](=O)[O-])nc1C#N. The predicted molar refractivity (Wildman–Crippen MR) is 74.4 cm³/mol. The second-order valence-corrected chi connectivity index (χ2v) is 5.21. The number of pyridine rings is 1. The van der Waals surface area contributed by atoms with Crippen LogP contribution in [0, 0.1) is 31.6 Å². The first kappa shape index (κ1) is 15.7. The van der Waals surface area contributed by atoms with Crippen LogP contribution in [-0.2, 0) is 0 Å². The molecular weight excluding hydrogens is 306 g/mol. The first-order valence-electron chi connectivity index (χ1n) is 4.91. The molecule has 0 saturated carbocycles. The van der Waals surface area contributed by atoms with Gasteiger partial charge in [0.05, 0.1) is 4.92 Å². The van der Waals surface area contributed by atoms with Crippen LogP contribution in [0.2, 0.25) is 0 Å². The second-order valence-electron chi connectivity index (χ2n) is 3.57. The summed E-state index contributed by atoms with van der Waals surface area (Å²) in [6.07, 6.45) is 0. The first-order chi connectivity index (χ1) is 9.27. The molecule has 1 aromatic rings.